The number of amides is 1. The summed E-state index contributed by atoms with van der Waals surface area (Å²) in [6.07, 6.45) is 1.39. The molecule has 0 aliphatic heterocycles. The van der Waals surface area contributed by atoms with Gasteiger partial charge in [0, 0.05) is 11.8 Å². The third kappa shape index (κ3) is 4.30. The van der Waals surface area contributed by atoms with Crippen LogP contribution in [0.15, 0.2) is 30.5 Å². The van der Waals surface area contributed by atoms with Gasteiger partial charge in [-0.25, -0.2) is 4.68 Å². The Bertz CT molecular complexity index is 785. The summed E-state index contributed by atoms with van der Waals surface area (Å²) < 4.78 is 40.4. The fourth-order valence-corrected chi connectivity index (χ4v) is 3.30. The fourth-order valence-electron chi connectivity index (χ4n) is 3.07. The molecular weight excluding hydrogens is 369 g/mol. The van der Waals surface area contributed by atoms with Crippen LogP contribution in [0.4, 0.5) is 24.7 Å². The molecule has 140 valence electrons. The van der Waals surface area contributed by atoms with Crippen molar-refractivity contribution in [2.45, 2.75) is 37.9 Å². The van der Waals surface area contributed by atoms with Gasteiger partial charge < -0.3 is 10.6 Å². The molecule has 0 radical (unpaired) electrons. The lowest BCUT2D eigenvalue weighted by Gasteiger charge is -2.15. The Kier molecular flexibility index (Phi) is 5.41. The molecule has 1 saturated carbocycles. The van der Waals surface area contributed by atoms with E-state index in [1.54, 1.807) is 16.9 Å². The Balaban J connectivity index is 1.61. The van der Waals surface area contributed by atoms with Gasteiger partial charge in [0.15, 0.2) is 0 Å². The van der Waals surface area contributed by atoms with Crippen molar-refractivity contribution >= 4 is 29.0 Å². The van der Waals surface area contributed by atoms with Crippen LogP contribution >= 0.6 is 11.6 Å². The lowest BCUT2D eigenvalue weighted by atomic mass is 10.2. The number of aromatic nitrogens is 2. The minimum atomic E-state index is -4.55. The smallest absolute Gasteiger partial charge is 0.376 e. The Hall–Kier alpha value is -2.22. The van der Waals surface area contributed by atoms with Gasteiger partial charge in [-0.3, -0.25) is 4.79 Å². The molecule has 26 heavy (non-hydrogen) atoms. The van der Waals surface area contributed by atoms with Crippen molar-refractivity contribution in [1.82, 2.24) is 9.78 Å². The van der Waals surface area contributed by atoms with E-state index in [-0.39, 0.29) is 29.2 Å². The molecule has 1 fully saturated rings. The molecule has 2 N–H and O–H groups in total. The maximum absolute atomic E-state index is 12.9. The molecule has 3 rings (SSSR count). The van der Waals surface area contributed by atoms with E-state index in [0.29, 0.717) is 5.82 Å². The van der Waals surface area contributed by atoms with Crippen LogP contribution in [0.2, 0.25) is 5.02 Å². The van der Waals surface area contributed by atoms with Gasteiger partial charge in [0.05, 0.1) is 29.4 Å². The quantitative estimate of drug-likeness (QED) is 0.781. The van der Waals surface area contributed by atoms with E-state index in [2.05, 4.69) is 15.7 Å². The van der Waals surface area contributed by atoms with Gasteiger partial charge in [-0.1, -0.05) is 24.4 Å². The van der Waals surface area contributed by atoms with Gasteiger partial charge >= 0.3 is 6.18 Å². The van der Waals surface area contributed by atoms with Gasteiger partial charge in [0.2, 0.25) is 5.91 Å². The van der Waals surface area contributed by atoms with Crippen LogP contribution in [0.25, 0.3) is 0 Å². The summed E-state index contributed by atoms with van der Waals surface area (Å²) in [5.41, 5.74) is -0.773. The lowest BCUT2D eigenvalue weighted by Crippen LogP contribution is -2.24. The van der Waals surface area contributed by atoms with Gasteiger partial charge in [-0.05, 0) is 31.0 Å². The number of nitrogens with one attached hydrogen (secondary N) is 2. The summed E-state index contributed by atoms with van der Waals surface area (Å²) in [7, 11) is 0. The molecule has 1 amide bonds. The average Bonchev–Trinajstić information content (AvgIpc) is 3.24. The average molecular weight is 387 g/mol. The van der Waals surface area contributed by atoms with Crippen molar-refractivity contribution in [3.8, 4) is 0 Å². The summed E-state index contributed by atoms with van der Waals surface area (Å²) in [6.45, 7) is -0.172. The van der Waals surface area contributed by atoms with Crippen molar-refractivity contribution in [2.75, 3.05) is 17.2 Å². The molecule has 1 aromatic heterocycles. The normalized spacial score (nSPS) is 15.2. The van der Waals surface area contributed by atoms with Crippen LogP contribution < -0.4 is 10.6 Å². The number of carbonyl (C=O) groups excluding carboxylic acids is 1. The van der Waals surface area contributed by atoms with Crippen LogP contribution in [-0.2, 0) is 11.0 Å². The van der Waals surface area contributed by atoms with Crippen LogP contribution in [0, 0.1) is 0 Å². The SMILES string of the molecule is O=C(CNc1ccc(Cl)c(C(F)(F)F)c1)Nc1ccnn1C1CCCC1. The zero-order valence-corrected chi connectivity index (χ0v) is 14.6. The zero-order valence-electron chi connectivity index (χ0n) is 13.8. The predicted molar refractivity (Wildman–Crippen MR) is 93.3 cm³/mol. The Morgan fingerprint density at radius 3 is 2.69 bits per heavy atom. The number of rotatable bonds is 5. The standard InChI is InChI=1S/C17H18ClF3N4O/c18-14-6-5-11(9-13(14)17(19,20)21)22-10-16(26)24-15-7-8-23-25(15)12-3-1-2-4-12/h5-9,12,22H,1-4,10H2,(H,24,26). The summed E-state index contributed by atoms with van der Waals surface area (Å²) in [5, 5.41) is 9.31. The second-order valence-electron chi connectivity index (χ2n) is 6.19. The van der Waals surface area contributed by atoms with Crippen LogP contribution in [0.1, 0.15) is 37.3 Å². The first kappa shape index (κ1) is 18.6. The minimum absolute atomic E-state index is 0.168. The molecule has 2 aromatic rings. The second kappa shape index (κ2) is 7.57. The van der Waals surface area contributed by atoms with Crippen molar-refractivity contribution in [2.24, 2.45) is 0 Å². The Labute approximate surface area is 153 Å². The number of nitrogens with zero attached hydrogens (tertiary/aromatic N) is 2. The molecule has 0 unspecified atom stereocenters. The molecule has 1 aliphatic carbocycles. The molecule has 0 saturated heterocycles. The van der Waals surface area contributed by atoms with E-state index in [9.17, 15) is 18.0 Å². The summed E-state index contributed by atoms with van der Waals surface area (Å²) in [6, 6.07) is 5.42. The van der Waals surface area contributed by atoms with Gasteiger partial charge in [0.25, 0.3) is 0 Å². The van der Waals surface area contributed by atoms with E-state index >= 15 is 0 Å². The number of halogens is 4. The number of benzene rings is 1. The minimum Gasteiger partial charge on any atom is -0.376 e. The largest absolute Gasteiger partial charge is 0.417 e. The van der Waals surface area contributed by atoms with E-state index in [1.807, 2.05) is 0 Å². The van der Waals surface area contributed by atoms with E-state index < -0.39 is 11.7 Å². The lowest BCUT2D eigenvalue weighted by molar-refractivity contribution is -0.137. The van der Waals surface area contributed by atoms with Crippen LogP contribution in [-0.4, -0.2) is 22.2 Å². The van der Waals surface area contributed by atoms with Crippen molar-refractivity contribution in [3.05, 3.63) is 41.0 Å². The van der Waals surface area contributed by atoms with Gasteiger partial charge in [-0.15, -0.1) is 0 Å². The first-order chi connectivity index (χ1) is 12.3. The number of hydrogen-bond donors (Lipinski definition) is 2. The van der Waals surface area contributed by atoms with Gasteiger partial charge in [-0.2, -0.15) is 18.3 Å². The summed E-state index contributed by atoms with van der Waals surface area (Å²) in [5.74, 6) is 0.226. The Morgan fingerprint density at radius 2 is 2.00 bits per heavy atom. The predicted octanol–water partition coefficient (Wildman–Crippen LogP) is 4.72. The van der Waals surface area contributed by atoms with Crippen LogP contribution in [0.5, 0.6) is 0 Å². The highest BCUT2D eigenvalue weighted by Gasteiger charge is 2.33. The first-order valence-electron chi connectivity index (χ1n) is 8.28. The second-order valence-corrected chi connectivity index (χ2v) is 6.60. The molecule has 0 atom stereocenters. The molecule has 1 heterocycles. The zero-order chi connectivity index (χ0) is 18.7. The topological polar surface area (TPSA) is 59.0 Å². The highest BCUT2D eigenvalue weighted by molar-refractivity contribution is 6.31. The highest BCUT2D eigenvalue weighted by atomic mass is 35.5. The van der Waals surface area contributed by atoms with E-state index in [4.69, 9.17) is 11.6 Å². The molecule has 5 nitrogen and oxygen atoms in total. The number of hydrogen-bond acceptors (Lipinski definition) is 3. The molecule has 1 aromatic carbocycles. The number of alkyl halides is 3. The summed E-state index contributed by atoms with van der Waals surface area (Å²) in [4.78, 5) is 12.1. The van der Waals surface area contributed by atoms with E-state index in [1.165, 1.54) is 6.07 Å². The molecule has 0 bridgehead atoms. The monoisotopic (exact) mass is 386 g/mol. The molecule has 0 spiro atoms. The highest BCUT2D eigenvalue weighted by Crippen LogP contribution is 2.36. The maximum Gasteiger partial charge on any atom is 0.417 e. The van der Waals surface area contributed by atoms with Crippen molar-refractivity contribution in [1.29, 1.82) is 0 Å². The number of anilines is 2. The molecule has 9 heteroatoms. The summed E-state index contributed by atoms with van der Waals surface area (Å²) >= 11 is 5.58. The first-order valence-corrected chi connectivity index (χ1v) is 8.66. The van der Waals surface area contributed by atoms with Crippen molar-refractivity contribution < 1.29 is 18.0 Å². The third-order valence-corrected chi connectivity index (χ3v) is 4.66. The van der Waals surface area contributed by atoms with Crippen molar-refractivity contribution in [3.63, 3.8) is 0 Å². The third-order valence-electron chi connectivity index (χ3n) is 4.33. The molecular formula is C17H18ClF3N4O. The van der Waals surface area contributed by atoms with Crippen LogP contribution in [0.3, 0.4) is 0 Å². The maximum atomic E-state index is 12.9. The van der Waals surface area contributed by atoms with Gasteiger partial charge in [0.1, 0.15) is 5.82 Å². The molecule has 1 aliphatic rings. The fraction of sp³-hybridized carbons (Fsp3) is 0.412. The Morgan fingerprint density at radius 1 is 1.27 bits per heavy atom. The van der Waals surface area contributed by atoms with E-state index in [0.717, 1.165) is 37.8 Å². The number of carbonyl (C=O) groups is 1.